The number of hydrogen-bond donors (Lipinski definition) is 1. The summed E-state index contributed by atoms with van der Waals surface area (Å²) in [6.07, 6.45) is 3.69. The van der Waals surface area contributed by atoms with Crippen LogP contribution in [0.1, 0.15) is 24.8 Å². The summed E-state index contributed by atoms with van der Waals surface area (Å²) in [5.41, 5.74) is 6.80. The van der Waals surface area contributed by atoms with Gasteiger partial charge in [0.25, 0.3) is 6.02 Å². The molecule has 4 heterocycles. The minimum absolute atomic E-state index is 0.0672. The normalized spacial score (nSPS) is 29.1. The smallest absolute Gasteiger partial charge is 0.283 e. The highest BCUT2D eigenvalue weighted by atomic mass is 32.2. The first-order valence-electron chi connectivity index (χ1n) is 11.2. The fourth-order valence-electron chi connectivity index (χ4n) is 5.32. The number of benzene rings is 1. The van der Waals surface area contributed by atoms with Crippen LogP contribution in [0.2, 0.25) is 0 Å². The monoisotopic (exact) mass is 472 g/mol. The zero-order valence-electron chi connectivity index (χ0n) is 18.0. The Balaban J connectivity index is 1.42. The number of aromatic nitrogens is 1. The van der Waals surface area contributed by atoms with Crippen LogP contribution in [0.4, 0.5) is 4.39 Å². The van der Waals surface area contributed by atoms with Gasteiger partial charge >= 0.3 is 0 Å². The second-order valence-corrected chi connectivity index (χ2v) is 11.4. The number of rotatable bonds is 4. The predicted molar refractivity (Wildman–Crippen MR) is 119 cm³/mol. The Morgan fingerprint density at radius 1 is 1.24 bits per heavy atom. The van der Waals surface area contributed by atoms with Gasteiger partial charge in [0, 0.05) is 36.3 Å². The molecule has 4 aliphatic rings. The first kappa shape index (κ1) is 20.9. The first-order chi connectivity index (χ1) is 15.9. The number of fused-ring (bicyclic) bond motifs is 4. The fraction of sp³-hybridized carbons (Fsp3) is 0.478. The van der Waals surface area contributed by atoms with Crippen LogP contribution in [-0.4, -0.2) is 55.3 Å². The Bertz CT molecular complexity index is 1250. The molecular weight excluding hydrogens is 447 g/mol. The first-order valence-corrected chi connectivity index (χ1v) is 12.8. The molecule has 1 aromatic heterocycles. The maximum atomic E-state index is 14.4. The van der Waals surface area contributed by atoms with E-state index in [0.29, 0.717) is 29.8 Å². The van der Waals surface area contributed by atoms with Crippen molar-refractivity contribution in [2.24, 2.45) is 22.6 Å². The van der Waals surface area contributed by atoms with E-state index in [4.69, 9.17) is 20.2 Å². The standard InChI is InChI=1S/C23H25FN4O4S/c24-21-16(2-1-8-26-21)15-5-6-19-17(10-15)23(13-31-22(25)27-23)18-11-28(9-7-20(18)32-19)33(29,30)12-14-3-4-14/h1-2,5-6,8,10,14,18,20H,3-4,7,9,11-13H2,(H2,25,27). The van der Waals surface area contributed by atoms with E-state index in [2.05, 4.69) is 4.98 Å². The SMILES string of the molecule is NC1=NC2(CO1)c1cc(-c3cccnc3F)ccc1OC1CCN(S(=O)(=O)CC3CC3)CC12. The number of amidine groups is 1. The number of nitrogens with two attached hydrogens (primary N) is 1. The van der Waals surface area contributed by atoms with E-state index in [0.717, 1.165) is 18.4 Å². The molecule has 0 bridgehead atoms. The van der Waals surface area contributed by atoms with Crippen LogP contribution in [0.3, 0.4) is 0 Å². The van der Waals surface area contributed by atoms with Crippen molar-refractivity contribution in [2.75, 3.05) is 25.4 Å². The second kappa shape index (κ2) is 7.39. The van der Waals surface area contributed by atoms with Gasteiger partial charge in [0.2, 0.25) is 16.0 Å². The van der Waals surface area contributed by atoms with Crippen molar-refractivity contribution < 1.29 is 22.3 Å². The van der Waals surface area contributed by atoms with Gasteiger partial charge in [-0.1, -0.05) is 6.07 Å². The molecule has 3 aliphatic heterocycles. The lowest BCUT2D eigenvalue weighted by Gasteiger charge is -2.48. The van der Waals surface area contributed by atoms with Crippen molar-refractivity contribution in [3.05, 3.63) is 48.0 Å². The minimum atomic E-state index is -3.37. The van der Waals surface area contributed by atoms with Crippen LogP contribution in [0.15, 0.2) is 41.5 Å². The fourth-order valence-corrected chi connectivity index (χ4v) is 7.23. The molecule has 3 unspecified atom stereocenters. The number of hydrogen-bond acceptors (Lipinski definition) is 7. The summed E-state index contributed by atoms with van der Waals surface area (Å²) in [6, 6.07) is 8.87. The van der Waals surface area contributed by atoms with E-state index < -0.39 is 21.5 Å². The molecule has 3 atom stereocenters. The summed E-state index contributed by atoms with van der Waals surface area (Å²) < 4.78 is 54.1. The number of halogens is 1. The summed E-state index contributed by atoms with van der Waals surface area (Å²) >= 11 is 0. The highest BCUT2D eigenvalue weighted by Crippen LogP contribution is 2.51. The average molecular weight is 473 g/mol. The molecule has 1 spiro atoms. The highest BCUT2D eigenvalue weighted by molar-refractivity contribution is 7.89. The van der Waals surface area contributed by atoms with Crippen molar-refractivity contribution in [2.45, 2.75) is 30.9 Å². The Hall–Kier alpha value is -2.72. The molecule has 1 aromatic carbocycles. The summed E-state index contributed by atoms with van der Waals surface area (Å²) in [5, 5.41) is 0. The van der Waals surface area contributed by atoms with E-state index in [9.17, 15) is 12.8 Å². The second-order valence-electron chi connectivity index (χ2n) is 9.35. The van der Waals surface area contributed by atoms with Gasteiger partial charge in [-0.15, -0.1) is 0 Å². The molecule has 1 aliphatic carbocycles. The molecule has 10 heteroatoms. The lowest BCUT2D eigenvalue weighted by Crippen LogP contribution is -2.58. The van der Waals surface area contributed by atoms with Crippen LogP contribution in [0.5, 0.6) is 5.75 Å². The molecule has 8 nitrogen and oxygen atoms in total. The third-order valence-corrected chi connectivity index (χ3v) is 9.22. The number of nitrogens with zero attached hydrogens (tertiary/aromatic N) is 3. The summed E-state index contributed by atoms with van der Waals surface area (Å²) in [7, 11) is -3.37. The molecule has 0 amide bonds. The number of piperidine rings is 1. The van der Waals surface area contributed by atoms with Gasteiger partial charge in [-0.25, -0.2) is 22.7 Å². The van der Waals surface area contributed by atoms with E-state index >= 15 is 0 Å². The van der Waals surface area contributed by atoms with E-state index in [1.165, 1.54) is 6.20 Å². The Morgan fingerprint density at radius 3 is 2.82 bits per heavy atom. The van der Waals surface area contributed by atoms with Gasteiger partial charge in [-0.2, -0.15) is 4.39 Å². The Labute approximate surface area is 191 Å². The maximum absolute atomic E-state index is 14.4. The number of sulfonamides is 1. The van der Waals surface area contributed by atoms with Crippen molar-refractivity contribution in [3.8, 4) is 16.9 Å². The quantitative estimate of drug-likeness (QED) is 0.684. The van der Waals surface area contributed by atoms with Crippen LogP contribution in [0.25, 0.3) is 11.1 Å². The molecule has 2 fully saturated rings. The van der Waals surface area contributed by atoms with E-state index in [1.54, 1.807) is 22.5 Å². The van der Waals surface area contributed by atoms with E-state index in [1.807, 2.05) is 12.1 Å². The lowest BCUT2D eigenvalue weighted by molar-refractivity contribution is -0.00348. The molecule has 33 heavy (non-hydrogen) atoms. The molecule has 1 saturated heterocycles. The maximum Gasteiger partial charge on any atom is 0.283 e. The van der Waals surface area contributed by atoms with E-state index in [-0.39, 0.29) is 42.9 Å². The van der Waals surface area contributed by atoms with Gasteiger partial charge < -0.3 is 15.2 Å². The summed E-state index contributed by atoms with van der Waals surface area (Å²) in [4.78, 5) is 8.47. The Kier molecular flexibility index (Phi) is 4.67. The van der Waals surface area contributed by atoms with Crippen LogP contribution >= 0.6 is 0 Å². The number of aliphatic imine (C=N–C) groups is 1. The number of ether oxygens (including phenoxy) is 2. The van der Waals surface area contributed by atoms with Crippen molar-refractivity contribution in [3.63, 3.8) is 0 Å². The van der Waals surface area contributed by atoms with Gasteiger partial charge in [0.1, 0.15) is 24.0 Å². The molecule has 174 valence electrons. The molecule has 1 saturated carbocycles. The summed E-state index contributed by atoms with van der Waals surface area (Å²) in [5.74, 6) is 0.261. The van der Waals surface area contributed by atoms with Crippen molar-refractivity contribution >= 4 is 16.0 Å². The van der Waals surface area contributed by atoms with Crippen LogP contribution < -0.4 is 10.5 Å². The topological polar surface area (TPSA) is 107 Å². The zero-order chi connectivity index (χ0) is 22.8. The molecule has 2 aromatic rings. The molecule has 2 N–H and O–H groups in total. The third kappa shape index (κ3) is 3.47. The third-order valence-electron chi connectivity index (χ3n) is 7.21. The van der Waals surface area contributed by atoms with Gasteiger partial charge in [-0.05, 0) is 55.0 Å². The van der Waals surface area contributed by atoms with Gasteiger partial charge in [-0.3, -0.25) is 0 Å². The minimum Gasteiger partial charge on any atom is -0.490 e. The summed E-state index contributed by atoms with van der Waals surface area (Å²) in [6.45, 7) is 0.886. The van der Waals surface area contributed by atoms with Gasteiger partial charge in [0.05, 0.1) is 5.75 Å². The zero-order valence-corrected chi connectivity index (χ0v) is 18.8. The largest absolute Gasteiger partial charge is 0.490 e. The number of pyridine rings is 1. The highest BCUT2D eigenvalue weighted by Gasteiger charge is 2.56. The predicted octanol–water partition coefficient (Wildman–Crippen LogP) is 2.25. The lowest BCUT2D eigenvalue weighted by atomic mass is 9.71. The molecule has 6 rings (SSSR count). The molecule has 0 radical (unpaired) electrons. The molecular formula is C23H25FN4O4S. The Morgan fingerprint density at radius 2 is 2.09 bits per heavy atom. The van der Waals surface area contributed by atoms with Gasteiger partial charge in [0.15, 0.2) is 0 Å². The van der Waals surface area contributed by atoms with Crippen molar-refractivity contribution in [1.29, 1.82) is 0 Å². The van der Waals surface area contributed by atoms with Crippen LogP contribution in [-0.2, 0) is 20.3 Å². The van der Waals surface area contributed by atoms with Crippen LogP contribution in [0, 0.1) is 17.8 Å². The van der Waals surface area contributed by atoms with Crippen molar-refractivity contribution in [1.82, 2.24) is 9.29 Å². The average Bonchev–Trinajstić information content (AvgIpc) is 3.52.